The predicted octanol–water partition coefficient (Wildman–Crippen LogP) is 3.23. The van der Waals surface area contributed by atoms with Crippen LogP contribution in [0.2, 0.25) is 0 Å². The number of nitrogens with one attached hydrogen (secondary N) is 2. The summed E-state index contributed by atoms with van der Waals surface area (Å²) in [6.45, 7) is 1.97. The van der Waals surface area contributed by atoms with Crippen molar-refractivity contribution < 1.29 is 9.59 Å². The topological polar surface area (TPSA) is 71.1 Å². The van der Waals surface area contributed by atoms with Gasteiger partial charge in [0.25, 0.3) is 0 Å². The van der Waals surface area contributed by atoms with Gasteiger partial charge < -0.3 is 10.6 Å². The van der Waals surface area contributed by atoms with Crippen molar-refractivity contribution in [3.63, 3.8) is 0 Å². The summed E-state index contributed by atoms with van der Waals surface area (Å²) in [5.41, 5.74) is 3.39. The summed E-state index contributed by atoms with van der Waals surface area (Å²) in [6, 6.07) is 19.9. The second kappa shape index (κ2) is 8.07. The number of aryl methyl sites for hydroxylation is 1. The number of para-hydroxylation sites is 1. The van der Waals surface area contributed by atoms with Crippen molar-refractivity contribution in [2.45, 2.75) is 13.0 Å². The summed E-state index contributed by atoms with van der Waals surface area (Å²) < 4.78 is 0. The highest BCUT2D eigenvalue weighted by atomic mass is 16.2. The van der Waals surface area contributed by atoms with Crippen LogP contribution in [0.25, 0.3) is 0 Å². The average Bonchev–Trinajstić information content (AvgIpc) is 2.68. The zero-order chi connectivity index (χ0) is 18.4. The van der Waals surface area contributed by atoms with E-state index in [0.717, 1.165) is 16.7 Å². The molecule has 3 rings (SSSR count). The Labute approximate surface area is 152 Å². The number of anilines is 1. The first-order valence-electron chi connectivity index (χ1n) is 8.27. The largest absolute Gasteiger partial charge is 0.337 e. The van der Waals surface area contributed by atoms with Gasteiger partial charge in [-0.05, 0) is 47.9 Å². The van der Waals surface area contributed by atoms with Crippen LogP contribution in [0.4, 0.5) is 5.69 Å². The SMILES string of the molecule is Cc1ccccc1[C@H](NC(=O)C(=O)Nc1ccccc1)c1ccncc1. The monoisotopic (exact) mass is 345 g/mol. The van der Waals surface area contributed by atoms with Gasteiger partial charge in [0.1, 0.15) is 0 Å². The zero-order valence-electron chi connectivity index (χ0n) is 14.3. The minimum Gasteiger partial charge on any atom is -0.337 e. The van der Waals surface area contributed by atoms with E-state index in [1.807, 2.05) is 49.4 Å². The minimum absolute atomic E-state index is 0.437. The second-order valence-electron chi connectivity index (χ2n) is 5.86. The Morgan fingerprint density at radius 2 is 1.50 bits per heavy atom. The number of hydrogen-bond donors (Lipinski definition) is 2. The van der Waals surface area contributed by atoms with Crippen LogP contribution in [0.3, 0.4) is 0 Å². The molecule has 5 nitrogen and oxygen atoms in total. The molecule has 0 spiro atoms. The first kappa shape index (κ1) is 17.4. The highest BCUT2D eigenvalue weighted by Gasteiger charge is 2.22. The van der Waals surface area contributed by atoms with Gasteiger partial charge in [-0.15, -0.1) is 0 Å². The number of nitrogens with zero attached hydrogens (tertiary/aromatic N) is 1. The lowest BCUT2D eigenvalue weighted by molar-refractivity contribution is -0.136. The van der Waals surface area contributed by atoms with Crippen molar-refractivity contribution in [2.24, 2.45) is 0 Å². The number of amides is 2. The lowest BCUT2D eigenvalue weighted by Crippen LogP contribution is -2.38. The molecule has 0 aliphatic carbocycles. The van der Waals surface area contributed by atoms with Gasteiger partial charge >= 0.3 is 11.8 Å². The fourth-order valence-electron chi connectivity index (χ4n) is 2.71. The molecule has 2 amide bonds. The molecule has 3 aromatic rings. The van der Waals surface area contributed by atoms with Gasteiger partial charge in [-0.2, -0.15) is 0 Å². The molecule has 0 fully saturated rings. The fourth-order valence-corrected chi connectivity index (χ4v) is 2.71. The third kappa shape index (κ3) is 4.13. The van der Waals surface area contributed by atoms with Crippen LogP contribution < -0.4 is 10.6 Å². The van der Waals surface area contributed by atoms with Crippen molar-refractivity contribution >= 4 is 17.5 Å². The van der Waals surface area contributed by atoms with E-state index >= 15 is 0 Å². The lowest BCUT2D eigenvalue weighted by Gasteiger charge is -2.21. The van der Waals surface area contributed by atoms with Crippen LogP contribution in [0.1, 0.15) is 22.7 Å². The van der Waals surface area contributed by atoms with Crippen LogP contribution in [0, 0.1) is 6.92 Å². The number of pyridine rings is 1. The molecule has 2 N–H and O–H groups in total. The van der Waals surface area contributed by atoms with Crippen molar-refractivity contribution in [1.29, 1.82) is 0 Å². The van der Waals surface area contributed by atoms with Crippen LogP contribution in [0.15, 0.2) is 79.1 Å². The van der Waals surface area contributed by atoms with Gasteiger partial charge in [0.15, 0.2) is 0 Å². The molecule has 0 saturated carbocycles. The number of carbonyl (C=O) groups is 2. The molecule has 1 atom stereocenters. The Bertz CT molecular complexity index is 895. The number of hydrogen-bond acceptors (Lipinski definition) is 3. The summed E-state index contributed by atoms with van der Waals surface area (Å²) >= 11 is 0. The van der Waals surface area contributed by atoms with E-state index < -0.39 is 17.9 Å². The predicted molar refractivity (Wildman–Crippen MR) is 100 cm³/mol. The third-order valence-electron chi connectivity index (χ3n) is 4.05. The maximum atomic E-state index is 12.5. The summed E-state index contributed by atoms with van der Waals surface area (Å²) in [7, 11) is 0. The van der Waals surface area contributed by atoms with Crippen LogP contribution in [0.5, 0.6) is 0 Å². The van der Waals surface area contributed by atoms with Gasteiger partial charge in [0.05, 0.1) is 6.04 Å². The first-order valence-corrected chi connectivity index (χ1v) is 8.27. The molecule has 0 radical (unpaired) electrons. The molecule has 1 heterocycles. The average molecular weight is 345 g/mol. The molecule has 5 heteroatoms. The van der Waals surface area contributed by atoms with Gasteiger partial charge in [-0.25, -0.2) is 0 Å². The maximum absolute atomic E-state index is 12.5. The van der Waals surface area contributed by atoms with E-state index in [1.54, 1.807) is 36.7 Å². The number of benzene rings is 2. The minimum atomic E-state index is -0.705. The zero-order valence-corrected chi connectivity index (χ0v) is 14.3. The molecular formula is C21H19N3O2. The second-order valence-corrected chi connectivity index (χ2v) is 5.86. The van der Waals surface area contributed by atoms with Crippen molar-refractivity contribution in [3.8, 4) is 0 Å². The molecule has 2 aromatic carbocycles. The number of carbonyl (C=O) groups excluding carboxylic acids is 2. The Balaban J connectivity index is 1.83. The molecule has 1 aromatic heterocycles. The quantitative estimate of drug-likeness (QED) is 0.713. The van der Waals surface area contributed by atoms with Crippen LogP contribution in [-0.2, 0) is 9.59 Å². The van der Waals surface area contributed by atoms with E-state index in [2.05, 4.69) is 15.6 Å². The lowest BCUT2D eigenvalue weighted by atomic mass is 9.95. The summed E-state index contributed by atoms with van der Waals surface area (Å²) in [5, 5.41) is 5.43. The van der Waals surface area contributed by atoms with Crippen molar-refractivity contribution in [3.05, 3.63) is 95.8 Å². The summed E-state index contributed by atoms with van der Waals surface area (Å²) in [4.78, 5) is 28.8. The van der Waals surface area contributed by atoms with E-state index in [0.29, 0.717) is 5.69 Å². The molecule has 0 saturated heterocycles. The maximum Gasteiger partial charge on any atom is 0.313 e. The van der Waals surface area contributed by atoms with E-state index in [1.165, 1.54) is 0 Å². The van der Waals surface area contributed by atoms with Gasteiger partial charge in [-0.1, -0.05) is 42.5 Å². The van der Waals surface area contributed by atoms with E-state index in [-0.39, 0.29) is 0 Å². The van der Waals surface area contributed by atoms with Gasteiger partial charge in [0, 0.05) is 18.1 Å². The molecule has 130 valence electrons. The molecule has 26 heavy (non-hydrogen) atoms. The molecule has 0 bridgehead atoms. The third-order valence-corrected chi connectivity index (χ3v) is 4.05. The van der Waals surface area contributed by atoms with Crippen molar-refractivity contribution in [2.75, 3.05) is 5.32 Å². The molecule has 0 aliphatic heterocycles. The molecule has 0 unspecified atom stereocenters. The van der Waals surface area contributed by atoms with Crippen molar-refractivity contribution in [1.82, 2.24) is 10.3 Å². The summed E-state index contributed by atoms with van der Waals surface area (Å²) in [6.07, 6.45) is 3.33. The smallest absolute Gasteiger partial charge is 0.313 e. The Morgan fingerprint density at radius 1 is 0.846 bits per heavy atom. The van der Waals surface area contributed by atoms with Crippen LogP contribution in [-0.4, -0.2) is 16.8 Å². The number of aromatic nitrogens is 1. The summed E-state index contributed by atoms with van der Waals surface area (Å²) in [5.74, 6) is -1.40. The van der Waals surface area contributed by atoms with E-state index in [9.17, 15) is 9.59 Å². The molecule has 0 aliphatic rings. The first-order chi connectivity index (χ1) is 12.6. The normalized spacial score (nSPS) is 11.4. The Morgan fingerprint density at radius 3 is 2.19 bits per heavy atom. The van der Waals surface area contributed by atoms with Gasteiger partial charge in [-0.3, -0.25) is 14.6 Å². The highest BCUT2D eigenvalue weighted by Crippen LogP contribution is 2.24. The van der Waals surface area contributed by atoms with E-state index in [4.69, 9.17) is 0 Å². The Hall–Kier alpha value is -3.47. The Kier molecular flexibility index (Phi) is 5.39. The van der Waals surface area contributed by atoms with Gasteiger partial charge in [0.2, 0.25) is 0 Å². The fraction of sp³-hybridized carbons (Fsp3) is 0.0952. The number of rotatable bonds is 4. The standard InChI is InChI=1S/C21H19N3O2/c1-15-7-5-6-10-18(15)19(16-11-13-22-14-12-16)24-21(26)20(25)23-17-8-3-2-4-9-17/h2-14,19H,1H3,(H,23,25)(H,24,26)/t19-/m1/s1. The van der Waals surface area contributed by atoms with Crippen LogP contribution >= 0.6 is 0 Å². The highest BCUT2D eigenvalue weighted by molar-refractivity contribution is 6.39. The molecular weight excluding hydrogens is 326 g/mol.